The first-order chi connectivity index (χ1) is 13.1. The van der Waals surface area contributed by atoms with Crippen LogP contribution in [0.1, 0.15) is 31.3 Å². The molecule has 6 heteroatoms. The zero-order valence-corrected chi connectivity index (χ0v) is 16.5. The van der Waals surface area contributed by atoms with Gasteiger partial charge in [-0.1, -0.05) is 51.1 Å². The topological polar surface area (TPSA) is 61.4 Å². The number of amides is 1. The number of nitrogens with zero attached hydrogens (tertiary/aromatic N) is 4. The Kier molecular flexibility index (Phi) is 6.40. The van der Waals surface area contributed by atoms with Gasteiger partial charge in [-0.2, -0.15) is 0 Å². The van der Waals surface area contributed by atoms with E-state index in [4.69, 9.17) is 0 Å². The molecule has 1 aromatic heterocycles. The molecule has 2 aromatic rings. The van der Waals surface area contributed by atoms with Crippen molar-refractivity contribution in [2.45, 2.75) is 20.8 Å². The number of carbonyl (C=O) groups excluding carboxylic acids is 1. The van der Waals surface area contributed by atoms with Crippen LogP contribution in [-0.2, 0) is 0 Å². The largest absolute Gasteiger partial charge is 0.370 e. The van der Waals surface area contributed by atoms with E-state index >= 15 is 0 Å². The van der Waals surface area contributed by atoms with E-state index in [0.717, 1.165) is 44.8 Å². The second-order valence-corrected chi connectivity index (χ2v) is 7.33. The average Bonchev–Trinajstić information content (AvgIpc) is 2.72. The van der Waals surface area contributed by atoms with Gasteiger partial charge in [0.05, 0.1) is 0 Å². The molecule has 0 bridgehead atoms. The van der Waals surface area contributed by atoms with Gasteiger partial charge in [0.1, 0.15) is 11.5 Å². The zero-order valence-electron chi connectivity index (χ0n) is 16.5. The molecule has 0 spiro atoms. The van der Waals surface area contributed by atoms with Gasteiger partial charge in [0.15, 0.2) is 5.82 Å². The summed E-state index contributed by atoms with van der Waals surface area (Å²) in [5.41, 5.74) is 1.37. The van der Waals surface area contributed by atoms with Gasteiger partial charge in [0.2, 0.25) is 0 Å². The van der Waals surface area contributed by atoms with Crippen LogP contribution in [0, 0.1) is 5.92 Å². The maximum Gasteiger partial charge on any atom is 0.272 e. The monoisotopic (exact) mass is 367 g/mol. The third-order valence-corrected chi connectivity index (χ3v) is 4.78. The molecule has 0 atom stereocenters. The Morgan fingerprint density at radius 2 is 1.81 bits per heavy atom. The van der Waals surface area contributed by atoms with Gasteiger partial charge in [0.25, 0.3) is 5.91 Å². The standard InChI is InChI=1S/C21H29N5O/c1-4-25-10-12-26(13-11-25)21(27)18-14-19(22-15-16(2)3)24-20(23-18)17-8-6-5-7-9-17/h5-9,14,16H,4,10-13,15H2,1-3H3,(H,22,23,24). The number of aromatic nitrogens is 2. The predicted molar refractivity (Wildman–Crippen MR) is 109 cm³/mol. The molecule has 1 N–H and O–H groups in total. The summed E-state index contributed by atoms with van der Waals surface area (Å²) in [6.45, 7) is 11.6. The van der Waals surface area contributed by atoms with Gasteiger partial charge < -0.3 is 15.1 Å². The highest BCUT2D eigenvalue weighted by molar-refractivity contribution is 5.93. The van der Waals surface area contributed by atoms with Gasteiger partial charge >= 0.3 is 0 Å². The molecule has 3 rings (SSSR count). The number of piperazine rings is 1. The molecule has 6 nitrogen and oxygen atoms in total. The molecule has 0 saturated carbocycles. The highest BCUT2D eigenvalue weighted by atomic mass is 16.2. The van der Waals surface area contributed by atoms with E-state index in [2.05, 4.69) is 41.0 Å². The SMILES string of the molecule is CCN1CCN(C(=O)c2cc(NCC(C)C)nc(-c3ccccc3)n2)CC1. The number of anilines is 1. The first-order valence-electron chi connectivity index (χ1n) is 9.76. The Morgan fingerprint density at radius 3 is 2.44 bits per heavy atom. The number of nitrogens with one attached hydrogen (secondary N) is 1. The second-order valence-electron chi connectivity index (χ2n) is 7.33. The van der Waals surface area contributed by atoms with E-state index < -0.39 is 0 Å². The lowest BCUT2D eigenvalue weighted by Gasteiger charge is -2.33. The molecule has 0 unspecified atom stereocenters. The molecule has 1 saturated heterocycles. The summed E-state index contributed by atoms with van der Waals surface area (Å²) in [6.07, 6.45) is 0. The second kappa shape index (κ2) is 8.95. The van der Waals surface area contributed by atoms with Crippen LogP contribution in [0.2, 0.25) is 0 Å². The van der Waals surface area contributed by atoms with Crippen LogP contribution >= 0.6 is 0 Å². The summed E-state index contributed by atoms with van der Waals surface area (Å²) >= 11 is 0. The zero-order chi connectivity index (χ0) is 19.2. The minimum atomic E-state index is -0.0158. The van der Waals surface area contributed by atoms with E-state index in [9.17, 15) is 4.79 Å². The maximum absolute atomic E-state index is 13.1. The number of rotatable bonds is 6. The molecular formula is C21H29N5O. The summed E-state index contributed by atoms with van der Waals surface area (Å²) < 4.78 is 0. The Labute approximate surface area is 161 Å². The summed E-state index contributed by atoms with van der Waals surface area (Å²) in [7, 11) is 0. The van der Waals surface area contributed by atoms with Crippen molar-refractivity contribution in [3.63, 3.8) is 0 Å². The highest BCUT2D eigenvalue weighted by Gasteiger charge is 2.23. The van der Waals surface area contributed by atoms with E-state index in [-0.39, 0.29) is 5.91 Å². The van der Waals surface area contributed by atoms with Crippen LogP contribution < -0.4 is 5.32 Å². The number of carbonyl (C=O) groups is 1. The van der Waals surface area contributed by atoms with Crippen molar-refractivity contribution in [1.82, 2.24) is 19.8 Å². The van der Waals surface area contributed by atoms with E-state index in [1.54, 1.807) is 6.07 Å². The molecule has 0 radical (unpaired) electrons. The smallest absolute Gasteiger partial charge is 0.272 e. The molecule has 1 aliphatic heterocycles. The van der Waals surface area contributed by atoms with Crippen molar-refractivity contribution in [3.8, 4) is 11.4 Å². The van der Waals surface area contributed by atoms with Crippen LogP contribution in [0.15, 0.2) is 36.4 Å². The third kappa shape index (κ3) is 5.04. The number of likely N-dealkylation sites (N-methyl/N-ethyl adjacent to an activating group) is 1. The molecule has 2 heterocycles. The minimum absolute atomic E-state index is 0.0158. The van der Waals surface area contributed by atoms with Crippen LogP contribution in [0.25, 0.3) is 11.4 Å². The van der Waals surface area contributed by atoms with Gasteiger partial charge in [-0.05, 0) is 12.5 Å². The molecular weight excluding hydrogens is 338 g/mol. The third-order valence-electron chi connectivity index (χ3n) is 4.78. The molecule has 144 valence electrons. The highest BCUT2D eigenvalue weighted by Crippen LogP contribution is 2.19. The van der Waals surface area contributed by atoms with Crippen LogP contribution in [0.4, 0.5) is 5.82 Å². The Morgan fingerprint density at radius 1 is 1.11 bits per heavy atom. The fourth-order valence-corrected chi connectivity index (χ4v) is 3.10. The quantitative estimate of drug-likeness (QED) is 0.850. The van der Waals surface area contributed by atoms with Crippen LogP contribution in [0.5, 0.6) is 0 Å². The van der Waals surface area contributed by atoms with Gasteiger partial charge in [0, 0.05) is 44.4 Å². The lowest BCUT2D eigenvalue weighted by molar-refractivity contribution is 0.0637. The first kappa shape index (κ1) is 19.3. The molecule has 1 aromatic carbocycles. The van der Waals surface area contributed by atoms with Gasteiger partial charge in [-0.25, -0.2) is 9.97 Å². The Hall–Kier alpha value is -2.47. The van der Waals surface area contributed by atoms with Crippen molar-refractivity contribution < 1.29 is 4.79 Å². The predicted octanol–water partition coefficient (Wildman–Crippen LogP) is 2.99. The average molecular weight is 367 g/mol. The molecule has 1 amide bonds. The Balaban J connectivity index is 1.86. The van der Waals surface area contributed by atoms with Gasteiger partial charge in [-0.15, -0.1) is 0 Å². The van der Waals surface area contributed by atoms with Crippen LogP contribution in [-0.4, -0.2) is 64.9 Å². The summed E-state index contributed by atoms with van der Waals surface area (Å²) in [6, 6.07) is 11.6. The normalized spacial score (nSPS) is 15.2. The summed E-state index contributed by atoms with van der Waals surface area (Å²) in [5, 5.41) is 3.34. The van der Waals surface area contributed by atoms with E-state index in [1.807, 2.05) is 35.2 Å². The molecule has 1 aliphatic rings. The number of hydrogen-bond acceptors (Lipinski definition) is 5. The lowest BCUT2D eigenvalue weighted by atomic mass is 10.2. The van der Waals surface area contributed by atoms with Crippen molar-refractivity contribution >= 4 is 11.7 Å². The fourth-order valence-electron chi connectivity index (χ4n) is 3.10. The minimum Gasteiger partial charge on any atom is -0.370 e. The molecule has 1 fully saturated rings. The summed E-state index contributed by atoms with van der Waals surface area (Å²) in [4.78, 5) is 26.5. The molecule has 0 aliphatic carbocycles. The fraction of sp³-hybridized carbons (Fsp3) is 0.476. The van der Waals surface area contributed by atoms with Crippen molar-refractivity contribution in [1.29, 1.82) is 0 Å². The summed E-state index contributed by atoms with van der Waals surface area (Å²) in [5.74, 6) is 1.76. The van der Waals surface area contributed by atoms with Gasteiger partial charge in [-0.3, -0.25) is 4.79 Å². The number of hydrogen-bond donors (Lipinski definition) is 1. The van der Waals surface area contributed by atoms with Crippen molar-refractivity contribution in [3.05, 3.63) is 42.1 Å². The number of benzene rings is 1. The van der Waals surface area contributed by atoms with Crippen molar-refractivity contribution in [2.24, 2.45) is 5.92 Å². The Bertz CT molecular complexity index is 754. The van der Waals surface area contributed by atoms with E-state index in [0.29, 0.717) is 23.3 Å². The van der Waals surface area contributed by atoms with Crippen molar-refractivity contribution in [2.75, 3.05) is 44.6 Å². The molecule has 27 heavy (non-hydrogen) atoms. The van der Waals surface area contributed by atoms with Crippen LogP contribution in [0.3, 0.4) is 0 Å². The van der Waals surface area contributed by atoms with E-state index in [1.165, 1.54) is 0 Å². The lowest BCUT2D eigenvalue weighted by Crippen LogP contribution is -2.48. The maximum atomic E-state index is 13.1. The first-order valence-corrected chi connectivity index (χ1v) is 9.76.